The van der Waals surface area contributed by atoms with Crippen LogP contribution in [0.25, 0.3) is 0 Å². The van der Waals surface area contributed by atoms with E-state index in [1.165, 1.54) is 25.7 Å². The molecule has 0 bridgehead atoms. The summed E-state index contributed by atoms with van der Waals surface area (Å²) >= 11 is 0. The first kappa shape index (κ1) is 14.6. The molecule has 2 atom stereocenters. The number of nitrogens with zero attached hydrogens (tertiary/aromatic N) is 1. The Kier molecular flexibility index (Phi) is 4.59. The van der Waals surface area contributed by atoms with Crippen LogP contribution in [-0.4, -0.2) is 43.0 Å². The number of nitrogens with one attached hydrogen (secondary N) is 1. The SMILES string of the molecule is C[C@H]1CCC[C@H]([NH+]2CCN(C(=O)c3ccccc3)CC2)C1. The van der Waals surface area contributed by atoms with E-state index in [0.717, 1.165) is 43.7 Å². The highest BCUT2D eigenvalue weighted by atomic mass is 16.2. The van der Waals surface area contributed by atoms with E-state index in [4.69, 9.17) is 0 Å². The van der Waals surface area contributed by atoms with Crippen LogP contribution in [0.4, 0.5) is 0 Å². The molecule has 0 aromatic heterocycles. The van der Waals surface area contributed by atoms with Gasteiger partial charge >= 0.3 is 0 Å². The second-order valence-electron chi connectivity index (χ2n) is 6.79. The standard InChI is InChI=1S/C18H26N2O/c1-15-6-5-9-17(14-15)19-10-12-20(13-11-19)18(21)16-7-3-2-4-8-16/h2-4,7-8,15,17H,5-6,9-14H2,1H3/p+1/t15-,17-/m0/s1. The highest BCUT2D eigenvalue weighted by Gasteiger charge is 2.32. The number of carbonyl (C=O) groups is 1. The third kappa shape index (κ3) is 3.46. The fourth-order valence-electron chi connectivity index (χ4n) is 3.97. The molecule has 1 aromatic carbocycles. The van der Waals surface area contributed by atoms with Gasteiger partial charge in [-0.25, -0.2) is 0 Å². The monoisotopic (exact) mass is 287 g/mol. The lowest BCUT2D eigenvalue weighted by atomic mass is 9.86. The summed E-state index contributed by atoms with van der Waals surface area (Å²) in [5.41, 5.74) is 0.826. The minimum absolute atomic E-state index is 0.201. The van der Waals surface area contributed by atoms with Crippen molar-refractivity contribution in [2.75, 3.05) is 26.2 Å². The number of amides is 1. The zero-order valence-electron chi connectivity index (χ0n) is 13.1. The van der Waals surface area contributed by atoms with E-state index in [1.54, 1.807) is 4.90 Å². The summed E-state index contributed by atoms with van der Waals surface area (Å²) in [6.45, 7) is 6.45. The zero-order valence-corrected chi connectivity index (χ0v) is 13.1. The van der Waals surface area contributed by atoms with Crippen molar-refractivity contribution in [1.29, 1.82) is 0 Å². The van der Waals surface area contributed by atoms with Crippen molar-refractivity contribution in [2.45, 2.75) is 38.6 Å². The van der Waals surface area contributed by atoms with E-state index >= 15 is 0 Å². The molecule has 1 saturated carbocycles. The Balaban J connectivity index is 1.54. The minimum Gasteiger partial charge on any atom is -0.330 e. The molecule has 2 fully saturated rings. The molecule has 1 heterocycles. The van der Waals surface area contributed by atoms with Gasteiger partial charge in [0.25, 0.3) is 5.91 Å². The number of hydrogen-bond acceptors (Lipinski definition) is 1. The van der Waals surface area contributed by atoms with Gasteiger partial charge < -0.3 is 9.80 Å². The summed E-state index contributed by atoms with van der Waals surface area (Å²) in [6.07, 6.45) is 5.55. The van der Waals surface area contributed by atoms with Gasteiger partial charge in [-0.15, -0.1) is 0 Å². The minimum atomic E-state index is 0.201. The smallest absolute Gasteiger partial charge is 0.254 e. The van der Waals surface area contributed by atoms with Gasteiger partial charge in [-0.05, 0) is 30.9 Å². The maximum Gasteiger partial charge on any atom is 0.254 e. The fourth-order valence-corrected chi connectivity index (χ4v) is 3.97. The summed E-state index contributed by atoms with van der Waals surface area (Å²) in [5, 5.41) is 0. The third-order valence-electron chi connectivity index (χ3n) is 5.23. The first-order chi connectivity index (χ1) is 10.2. The molecule has 1 saturated heterocycles. The molecule has 3 rings (SSSR count). The third-order valence-corrected chi connectivity index (χ3v) is 5.23. The summed E-state index contributed by atoms with van der Waals surface area (Å²) in [6, 6.07) is 10.5. The van der Waals surface area contributed by atoms with Crippen molar-refractivity contribution in [1.82, 2.24) is 4.90 Å². The largest absolute Gasteiger partial charge is 0.330 e. The van der Waals surface area contributed by atoms with E-state index in [1.807, 2.05) is 35.2 Å². The Hall–Kier alpha value is -1.35. The van der Waals surface area contributed by atoms with Gasteiger partial charge in [-0.3, -0.25) is 4.79 Å². The van der Waals surface area contributed by atoms with Crippen LogP contribution < -0.4 is 4.90 Å². The van der Waals surface area contributed by atoms with Crippen molar-refractivity contribution >= 4 is 5.91 Å². The lowest BCUT2D eigenvalue weighted by Crippen LogP contribution is -3.18. The molecule has 3 heteroatoms. The molecule has 1 amide bonds. The number of piperazine rings is 1. The Morgan fingerprint density at radius 2 is 1.86 bits per heavy atom. The quantitative estimate of drug-likeness (QED) is 0.878. The van der Waals surface area contributed by atoms with E-state index in [2.05, 4.69) is 6.92 Å². The Bertz CT molecular complexity index is 465. The van der Waals surface area contributed by atoms with Crippen molar-refractivity contribution in [3.63, 3.8) is 0 Å². The number of benzene rings is 1. The molecule has 1 aliphatic heterocycles. The lowest BCUT2D eigenvalue weighted by Gasteiger charge is -2.39. The van der Waals surface area contributed by atoms with Crippen molar-refractivity contribution < 1.29 is 9.69 Å². The number of hydrogen-bond donors (Lipinski definition) is 1. The van der Waals surface area contributed by atoms with Crippen molar-refractivity contribution in [3.8, 4) is 0 Å². The number of carbonyl (C=O) groups excluding carboxylic acids is 1. The van der Waals surface area contributed by atoms with Gasteiger partial charge in [0.15, 0.2) is 0 Å². The number of rotatable bonds is 2. The molecule has 21 heavy (non-hydrogen) atoms. The highest BCUT2D eigenvalue weighted by molar-refractivity contribution is 5.94. The van der Waals surface area contributed by atoms with Gasteiger partial charge in [0.05, 0.1) is 32.2 Å². The van der Waals surface area contributed by atoms with Gasteiger partial charge in [0.2, 0.25) is 0 Å². The zero-order chi connectivity index (χ0) is 14.7. The molecule has 114 valence electrons. The maximum absolute atomic E-state index is 12.5. The van der Waals surface area contributed by atoms with Crippen LogP contribution in [0, 0.1) is 5.92 Å². The molecule has 2 aliphatic rings. The second kappa shape index (κ2) is 6.61. The normalized spacial score (nSPS) is 27.6. The first-order valence-electron chi connectivity index (χ1n) is 8.43. The summed E-state index contributed by atoms with van der Waals surface area (Å²) in [5.74, 6) is 1.09. The fraction of sp³-hybridized carbons (Fsp3) is 0.611. The van der Waals surface area contributed by atoms with Gasteiger partial charge in [0, 0.05) is 12.0 Å². The van der Waals surface area contributed by atoms with Gasteiger partial charge in [-0.2, -0.15) is 0 Å². The molecular weight excluding hydrogens is 260 g/mol. The molecule has 0 spiro atoms. The summed E-state index contributed by atoms with van der Waals surface area (Å²) < 4.78 is 0. The summed E-state index contributed by atoms with van der Waals surface area (Å²) in [7, 11) is 0. The summed E-state index contributed by atoms with van der Waals surface area (Å²) in [4.78, 5) is 16.2. The average Bonchev–Trinajstić information content (AvgIpc) is 2.55. The van der Waals surface area contributed by atoms with E-state index in [-0.39, 0.29) is 5.91 Å². The number of quaternary nitrogens is 1. The first-order valence-corrected chi connectivity index (χ1v) is 8.43. The van der Waals surface area contributed by atoms with Crippen LogP contribution in [0.15, 0.2) is 30.3 Å². The van der Waals surface area contributed by atoms with Crippen molar-refractivity contribution in [3.05, 3.63) is 35.9 Å². The second-order valence-corrected chi connectivity index (χ2v) is 6.79. The van der Waals surface area contributed by atoms with E-state index in [9.17, 15) is 4.79 Å². The van der Waals surface area contributed by atoms with Crippen LogP contribution >= 0.6 is 0 Å². The maximum atomic E-state index is 12.5. The van der Waals surface area contributed by atoms with Crippen LogP contribution in [0.2, 0.25) is 0 Å². The average molecular weight is 287 g/mol. The van der Waals surface area contributed by atoms with Crippen LogP contribution in [0.5, 0.6) is 0 Å². The highest BCUT2D eigenvalue weighted by Crippen LogP contribution is 2.22. The van der Waals surface area contributed by atoms with Crippen LogP contribution in [0.3, 0.4) is 0 Å². The molecule has 1 N–H and O–H groups in total. The van der Waals surface area contributed by atoms with E-state index < -0.39 is 0 Å². The van der Waals surface area contributed by atoms with Crippen molar-refractivity contribution in [2.24, 2.45) is 5.92 Å². The Labute approximate surface area is 127 Å². The molecule has 0 unspecified atom stereocenters. The predicted molar refractivity (Wildman–Crippen MR) is 84.5 cm³/mol. The van der Waals surface area contributed by atoms with Crippen LogP contribution in [0.1, 0.15) is 43.0 Å². The molecule has 0 radical (unpaired) electrons. The van der Waals surface area contributed by atoms with Crippen LogP contribution in [-0.2, 0) is 0 Å². The molecule has 3 nitrogen and oxygen atoms in total. The van der Waals surface area contributed by atoms with Gasteiger partial charge in [0.1, 0.15) is 0 Å². The Morgan fingerprint density at radius 3 is 2.52 bits per heavy atom. The molecular formula is C18H27N2O+. The molecule has 1 aliphatic carbocycles. The predicted octanol–water partition coefficient (Wildman–Crippen LogP) is 1.61. The lowest BCUT2D eigenvalue weighted by molar-refractivity contribution is -0.930. The van der Waals surface area contributed by atoms with E-state index in [0.29, 0.717) is 0 Å². The Morgan fingerprint density at radius 1 is 1.14 bits per heavy atom. The molecule has 1 aromatic rings. The van der Waals surface area contributed by atoms with Gasteiger partial charge in [-0.1, -0.05) is 31.5 Å². The topological polar surface area (TPSA) is 24.8 Å².